The topological polar surface area (TPSA) is 98.4 Å². The summed E-state index contributed by atoms with van der Waals surface area (Å²) in [6.45, 7) is 4.44. The number of fused-ring (bicyclic) bond motifs is 1. The Morgan fingerprint density at radius 2 is 1.80 bits per heavy atom. The minimum atomic E-state index is 0.507. The van der Waals surface area contributed by atoms with Gasteiger partial charge < -0.3 is 10.2 Å². The van der Waals surface area contributed by atoms with E-state index in [-0.39, 0.29) is 0 Å². The summed E-state index contributed by atoms with van der Waals surface area (Å²) in [5, 5.41) is 28.0. The normalized spacial score (nSPS) is 18.5. The third-order valence-corrected chi connectivity index (χ3v) is 6.83. The van der Waals surface area contributed by atoms with Crippen LogP contribution in [-0.4, -0.2) is 56.8 Å². The molecule has 30 heavy (non-hydrogen) atoms. The van der Waals surface area contributed by atoms with Crippen LogP contribution < -0.4 is 10.2 Å². The van der Waals surface area contributed by atoms with Gasteiger partial charge in [-0.15, -0.1) is 10.2 Å². The first-order chi connectivity index (χ1) is 14.8. The maximum atomic E-state index is 4.57. The van der Waals surface area contributed by atoms with E-state index in [2.05, 4.69) is 65.1 Å². The summed E-state index contributed by atoms with van der Waals surface area (Å²) < 4.78 is 0. The molecule has 0 bridgehead atoms. The molecule has 2 saturated heterocycles. The van der Waals surface area contributed by atoms with E-state index in [9.17, 15) is 0 Å². The molecule has 2 fully saturated rings. The van der Waals surface area contributed by atoms with Crippen molar-refractivity contribution in [3.63, 3.8) is 0 Å². The molecule has 2 aliphatic rings. The van der Waals surface area contributed by atoms with Crippen molar-refractivity contribution < 1.29 is 0 Å². The van der Waals surface area contributed by atoms with Crippen LogP contribution in [0.15, 0.2) is 42.9 Å². The van der Waals surface area contributed by atoms with Crippen LogP contribution in [-0.2, 0) is 0 Å². The standard InChI is InChI=1S/C22H24N8/c1-2-17(21-18(13-26-29-21)16(1)15-11-24-25-12-15)19-3-4-20(28-27-19)30-9-6-22(7-10-30)5-8-23-14-22/h1-4,11-13,23H,5-10,14H2,(H,24,25)(H,26,29). The lowest BCUT2D eigenvalue weighted by atomic mass is 9.78. The zero-order chi connectivity index (χ0) is 20.0. The van der Waals surface area contributed by atoms with Gasteiger partial charge >= 0.3 is 0 Å². The zero-order valence-corrected chi connectivity index (χ0v) is 16.7. The summed E-state index contributed by atoms with van der Waals surface area (Å²) in [6, 6.07) is 8.33. The van der Waals surface area contributed by atoms with Crippen LogP contribution in [0.4, 0.5) is 5.82 Å². The van der Waals surface area contributed by atoms with Crippen LogP contribution in [0, 0.1) is 5.41 Å². The van der Waals surface area contributed by atoms with E-state index in [0.29, 0.717) is 5.41 Å². The molecule has 8 heteroatoms. The van der Waals surface area contributed by atoms with Crippen LogP contribution in [0.2, 0.25) is 0 Å². The molecular formula is C22H24N8. The largest absolute Gasteiger partial charge is 0.355 e. The predicted molar refractivity (Wildman–Crippen MR) is 116 cm³/mol. The smallest absolute Gasteiger partial charge is 0.151 e. The maximum absolute atomic E-state index is 4.57. The van der Waals surface area contributed by atoms with E-state index in [1.54, 1.807) is 0 Å². The second-order valence-electron chi connectivity index (χ2n) is 8.50. The first-order valence-electron chi connectivity index (χ1n) is 10.6. The quantitative estimate of drug-likeness (QED) is 0.489. The number of H-pyrrole nitrogens is 2. The van der Waals surface area contributed by atoms with Crippen molar-refractivity contribution in [2.45, 2.75) is 19.3 Å². The third-order valence-electron chi connectivity index (χ3n) is 6.83. The van der Waals surface area contributed by atoms with Gasteiger partial charge in [0.25, 0.3) is 0 Å². The summed E-state index contributed by atoms with van der Waals surface area (Å²) in [6.07, 6.45) is 9.33. The fraction of sp³-hybridized carbons (Fsp3) is 0.364. The Hall–Kier alpha value is -3.26. The Kier molecular flexibility index (Phi) is 4.05. The van der Waals surface area contributed by atoms with Crippen molar-refractivity contribution in [1.29, 1.82) is 0 Å². The number of nitrogens with one attached hydrogen (secondary N) is 3. The first-order valence-corrected chi connectivity index (χ1v) is 10.6. The first kappa shape index (κ1) is 17.6. The minimum Gasteiger partial charge on any atom is -0.355 e. The van der Waals surface area contributed by atoms with Gasteiger partial charge in [-0.25, -0.2) is 0 Å². The molecule has 0 atom stereocenters. The number of hydrogen-bond acceptors (Lipinski definition) is 6. The van der Waals surface area contributed by atoms with E-state index >= 15 is 0 Å². The Bertz CT molecular complexity index is 1150. The molecular weight excluding hydrogens is 376 g/mol. The van der Waals surface area contributed by atoms with Crippen LogP contribution in [0.3, 0.4) is 0 Å². The summed E-state index contributed by atoms with van der Waals surface area (Å²) in [5.74, 6) is 0.968. The molecule has 152 valence electrons. The number of piperidine rings is 1. The molecule has 0 saturated carbocycles. The molecule has 6 rings (SSSR count). The summed E-state index contributed by atoms with van der Waals surface area (Å²) in [4.78, 5) is 2.37. The lowest BCUT2D eigenvalue weighted by Gasteiger charge is -2.39. The highest BCUT2D eigenvalue weighted by molar-refractivity contribution is 6.01. The van der Waals surface area contributed by atoms with E-state index in [1.165, 1.54) is 25.8 Å². The van der Waals surface area contributed by atoms with Gasteiger partial charge in [-0.3, -0.25) is 10.2 Å². The summed E-state index contributed by atoms with van der Waals surface area (Å²) >= 11 is 0. The number of aromatic amines is 2. The van der Waals surface area contributed by atoms with Gasteiger partial charge in [0.15, 0.2) is 5.82 Å². The average Bonchev–Trinajstić information content (AvgIpc) is 3.56. The lowest BCUT2D eigenvalue weighted by molar-refractivity contribution is 0.247. The molecule has 3 aromatic heterocycles. The monoisotopic (exact) mass is 400 g/mol. The molecule has 3 N–H and O–H groups in total. The van der Waals surface area contributed by atoms with Gasteiger partial charge in [0, 0.05) is 42.3 Å². The molecule has 0 radical (unpaired) electrons. The second-order valence-corrected chi connectivity index (χ2v) is 8.50. The summed E-state index contributed by atoms with van der Waals surface area (Å²) in [7, 11) is 0. The molecule has 0 aliphatic carbocycles. The Morgan fingerprint density at radius 3 is 2.53 bits per heavy atom. The lowest BCUT2D eigenvalue weighted by Crippen LogP contribution is -2.41. The molecule has 0 unspecified atom stereocenters. The number of anilines is 1. The Labute approximate surface area is 174 Å². The highest BCUT2D eigenvalue weighted by Crippen LogP contribution is 2.38. The van der Waals surface area contributed by atoms with Crippen molar-refractivity contribution >= 4 is 16.7 Å². The van der Waals surface area contributed by atoms with Gasteiger partial charge in [0.2, 0.25) is 0 Å². The van der Waals surface area contributed by atoms with Crippen LogP contribution in [0.25, 0.3) is 33.3 Å². The van der Waals surface area contributed by atoms with E-state index in [1.807, 2.05) is 18.6 Å². The minimum absolute atomic E-state index is 0.507. The molecule has 1 aromatic carbocycles. The molecule has 8 nitrogen and oxygen atoms in total. The number of hydrogen-bond donors (Lipinski definition) is 3. The Morgan fingerprint density at radius 1 is 0.900 bits per heavy atom. The van der Waals surface area contributed by atoms with Crippen molar-refractivity contribution in [3.8, 4) is 22.4 Å². The molecule has 1 spiro atoms. The van der Waals surface area contributed by atoms with E-state index < -0.39 is 0 Å². The SMILES string of the molecule is c1n[nH]cc1-c1ccc(-c2ccc(N3CCC4(CCNC4)CC3)nn2)c2[nH]ncc12. The average molecular weight is 400 g/mol. The molecule has 2 aliphatic heterocycles. The fourth-order valence-electron chi connectivity index (χ4n) is 4.97. The number of nitrogens with zero attached hydrogens (tertiary/aromatic N) is 5. The van der Waals surface area contributed by atoms with Gasteiger partial charge in [-0.05, 0) is 55.0 Å². The van der Waals surface area contributed by atoms with E-state index in [4.69, 9.17) is 0 Å². The van der Waals surface area contributed by atoms with Gasteiger partial charge in [0.05, 0.1) is 23.6 Å². The van der Waals surface area contributed by atoms with Crippen molar-refractivity contribution in [3.05, 3.63) is 42.9 Å². The van der Waals surface area contributed by atoms with Crippen molar-refractivity contribution in [2.24, 2.45) is 5.41 Å². The van der Waals surface area contributed by atoms with E-state index in [0.717, 1.165) is 58.7 Å². The Balaban J connectivity index is 1.27. The molecule has 4 aromatic rings. The molecule has 5 heterocycles. The van der Waals surface area contributed by atoms with Gasteiger partial charge in [-0.2, -0.15) is 10.2 Å². The highest BCUT2D eigenvalue weighted by atomic mass is 15.3. The third kappa shape index (κ3) is 2.87. The van der Waals surface area contributed by atoms with Crippen molar-refractivity contribution in [2.75, 3.05) is 31.1 Å². The predicted octanol–water partition coefficient (Wildman–Crippen LogP) is 2.99. The van der Waals surface area contributed by atoms with Gasteiger partial charge in [-0.1, -0.05) is 6.07 Å². The highest BCUT2D eigenvalue weighted by Gasteiger charge is 2.37. The van der Waals surface area contributed by atoms with Crippen LogP contribution in [0.1, 0.15) is 19.3 Å². The number of aromatic nitrogens is 6. The zero-order valence-electron chi connectivity index (χ0n) is 16.7. The van der Waals surface area contributed by atoms with Crippen LogP contribution in [0.5, 0.6) is 0 Å². The maximum Gasteiger partial charge on any atom is 0.151 e. The second kappa shape index (κ2) is 6.91. The van der Waals surface area contributed by atoms with Crippen LogP contribution >= 0.6 is 0 Å². The summed E-state index contributed by atoms with van der Waals surface area (Å²) in [5.41, 5.74) is 5.44. The fourth-order valence-corrected chi connectivity index (χ4v) is 4.97. The van der Waals surface area contributed by atoms with Gasteiger partial charge in [0.1, 0.15) is 0 Å². The number of rotatable bonds is 3. The number of benzene rings is 1. The van der Waals surface area contributed by atoms with Crippen molar-refractivity contribution in [1.82, 2.24) is 35.9 Å². The molecule has 0 amide bonds.